The molecule has 1 saturated carbocycles. The highest BCUT2D eigenvalue weighted by Gasteiger charge is 2.42. The minimum atomic E-state index is -4.14. The lowest BCUT2D eigenvalue weighted by Gasteiger charge is -2.38. The molecule has 3 N–H and O–H groups in total. The fraction of sp³-hybridized carbons (Fsp3) is 0.462. The van der Waals surface area contributed by atoms with Gasteiger partial charge in [0.1, 0.15) is 11.8 Å². The van der Waals surface area contributed by atoms with Crippen LogP contribution in [0.1, 0.15) is 31.2 Å². The van der Waals surface area contributed by atoms with Gasteiger partial charge in [-0.15, -0.1) is 12.4 Å². The molecule has 0 aromatic heterocycles. The van der Waals surface area contributed by atoms with E-state index in [1.165, 1.54) is 23.5 Å². The van der Waals surface area contributed by atoms with E-state index < -0.39 is 22.0 Å². The van der Waals surface area contributed by atoms with Crippen LogP contribution in [0.2, 0.25) is 0 Å². The molecule has 1 unspecified atom stereocenters. The molecule has 1 aliphatic carbocycles. The number of carbonyl (C=O) groups excluding carboxylic acids is 2. The quantitative estimate of drug-likeness (QED) is 0.280. The normalized spacial score (nSPS) is 18.4. The van der Waals surface area contributed by atoms with E-state index in [9.17, 15) is 23.2 Å². The van der Waals surface area contributed by atoms with E-state index in [0.717, 1.165) is 0 Å². The summed E-state index contributed by atoms with van der Waals surface area (Å²) >= 11 is 0. The van der Waals surface area contributed by atoms with Crippen LogP contribution in [-0.4, -0.2) is 74.5 Å². The summed E-state index contributed by atoms with van der Waals surface area (Å²) < 4.78 is 34.2. The standard InChI is InChI=1S/C26H36N4O6S.ClH/c1-29(2)18-24(31)27-21-11-9-20(10-12-21)25(26(32)28-33)30(17-19-7-5-4-6-8-19)37(34,35)23-15-13-22(36-3)14-16-23;/h4-8,13-16,20-21,25,33H,9-12,17-18H2,1-3H3,(H,27,31)(H,28,32);1H. The molecule has 1 fully saturated rings. The lowest BCUT2D eigenvalue weighted by Crippen LogP contribution is -2.54. The molecular weight excluding hydrogens is 532 g/mol. The monoisotopic (exact) mass is 568 g/mol. The molecule has 1 aliphatic rings. The van der Waals surface area contributed by atoms with Crippen LogP contribution in [-0.2, 0) is 26.2 Å². The van der Waals surface area contributed by atoms with Gasteiger partial charge in [0.15, 0.2) is 0 Å². The third-order valence-corrected chi connectivity index (χ3v) is 8.42. The molecule has 0 saturated heterocycles. The van der Waals surface area contributed by atoms with Crippen LogP contribution >= 0.6 is 12.4 Å². The Balaban J connectivity index is 0.00000507. The van der Waals surface area contributed by atoms with E-state index in [2.05, 4.69) is 5.32 Å². The molecule has 2 aromatic carbocycles. The number of nitrogens with zero attached hydrogens (tertiary/aromatic N) is 2. The molecule has 2 amide bonds. The first-order valence-corrected chi connectivity index (χ1v) is 13.7. The lowest BCUT2D eigenvalue weighted by molar-refractivity contribution is -0.136. The smallest absolute Gasteiger partial charge is 0.262 e. The molecule has 12 heteroatoms. The number of carbonyl (C=O) groups is 2. The van der Waals surface area contributed by atoms with Gasteiger partial charge in [-0.25, -0.2) is 13.9 Å². The maximum absolute atomic E-state index is 13.9. The Hall–Kier alpha value is -2.70. The molecule has 1 atom stereocenters. The number of amides is 2. The number of halogens is 1. The number of hydroxylamine groups is 1. The van der Waals surface area contributed by atoms with E-state index in [4.69, 9.17) is 4.74 Å². The summed E-state index contributed by atoms with van der Waals surface area (Å²) in [6, 6.07) is 13.8. The van der Waals surface area contributed by atoms with Crippen molar-refractivity contribution in [1.82, 2.24) is 20.0 Å². The van der Waals surface area contributed by atoms with Crippen LogP contribution in [0.5, 0.6) is 5.75 Å². The number of benzene rings is 2. The summed E-state index contributed by atoms with van der Waals surface area (Å²) in [5.41, 5.74) is 2.40. The summed E-state index contributed by atoms with van der Waals surface area (Å²) in [6.45, 7) is 0.229. The van der Waals surface area contributed by atoms with E-state index >= 15 is 0 Å². The number of likely N-dealkylation sites (N-methyl/N-ethyl adjacent to an activating group) is 1. The van der Waals surface area contributed by atoms with Crippen molar-refractivity contribution in [2.75, 3.05) is 27.7 Å². The highest BCUT2D eigenvalue weighted by atomic mass is 35.5. The fourth-order valence-electron chi connectivity index (χ4n) is 4.77. The van der Waals surface area contributed by atoms with Crippen molar-refractivity contribution in [3.8, 4) is 5.75 Å². The average Bonchev–Trinajstić information content (AvgIpc) is 2.89. The second-order valence-electron chi connectivity index (χ2n) is 9.55. The van der Waals surface area contributed by atoms with Gasteiger partial charge in [0.25, 0.3) is 5.91 Å². The number of hydrogen-bond acceptors (Lipinski definition) is 7. The Morgan fingerprint density at radius 1 is 1.03 bits per heavy atom. The number of methoxy groups -OCH3 is 1. The summed E-state index contributed by atoms with van der Waals surface area (Å²) in [5.74, 6) is -0.710. The van der Waals surface area contributed by atoms with Crippen molar-refractivity contribution in [3.05, 3.63) is 60.2 Å². The highest BCUT2D eigenvalue weighted by molar-refractivity contribution is 7.89. The maximum Gasteiger partial charge on any atom is 0.262 e. The van der Waals surface area contributed by atoms with Crippen LogP contribution in [0.25, 0.3) is 0 Å². The SMILES string of the molecule is COc1ccc(S(=O)(=O)N(Cc2ccccc2)C(C(=O)NO)C2CCC(NC(=O)CN(C)C)CC2)cc1.Cl. The van der Waals surface area contributed by atoms with Gasteiger partial charge in [0.05, 0.1) is 18.6 Å². The Labute approximate surface area is 230 Å². The van der Waals surface area contributed by atoms with Crippen molar-refractivity contribution in [1.29, 1.82) is 0 Å². The second kappa shape index (κ2) is 14.5. The number of nitrogens with one attached hydrogen (secondary N) is 2. The molecular formula is C26H37ClN4O6S. The minimum absolute atomic E-state index is 0. The van der Waals surface area contributed by atoms with Gasteiger partial charge in [0, 0.05) is 12.6 Å². The van der Waals surface area contributed by atoms with Crippen LogP contribution in [0, 0.1) is 5.92 Å². The van der Waals surface area contributed by atoms with Crippen LogP contribution in [0.4, 0.5) is 0 Å². The largest absolute Gasteiger partial charge is 0.497 e. The molecule has 0 aliphatic heterocycles. The number of hydrogen-bond donors (Lipinski definition) is 3. The van der Waals surface area contributed by atoms with Gasteiger partial charge in [-0.2, -0.15) is 4.31 Å². The third kappa shape index (κ3) is 8.15. The zero-order valence-corrected chi connectivity index (χ0v) is 23.5. The summed E-state index contributed by atoms with van der Waals surface area (Å²) in [6.07, 6.45) is 2.21. The lowest BCUT2D eigenvalue weighted by atomic mass is 9.81. The van der Waals surface area contributed by atoms with E-state index in [0.29, 0.717) is 37.0 Å². The zero-order valence-electron chi connectivity index (χ0n) is 21.9. The van der Waals surface area contributed by atoms with Gasteiger partial charge in [-0.05, 0) is 75.5 Å². The van der Waals surface area contributed by atoms with E-state index in [1.54, 1.807) is 46.8 Å². The molecule has 0 radical (unpaired) electrons. The Morgan fingerprint density at radius 2 is 1.63 bits per heavy atom. The van der Waals surface area contributed by atoms with E-state index in [1.807, 2.05) is 20.2 Å². The third-order valence-electron chi connectivity index (χ3n) is 6.58. The minimum Gasteiger partial charge on any atom is -0.497 e. The van der Waals surface area contributed by atoms with Crippen LogP contribution in [0.15, 0.2) is 59.5 Å². The van der Waals surface area contributed by atoms with Gasteiger partial charge in [-0.1, -0.05) is 30.3 Å². The summed E-state index contributed by atoms with van der Waals surface area (Å²) in [5, 5.41) is 12.6. The number of ether oxygens (including phenoxy) is 1. The predicted molar refractivity (Wildman–Crippen MR) is 146 cm³/mol. The molecule has 0 spiro atoms. The first kappa shape index (κ1) is 31.5. The highest BCUT2D eigenvalue weighted by Crippen LogP contribution is 2.34. The Morgan fingerprint density at radius 3 is 2.16 bits per heavy atom. The first-order chi connectivity index (χ1) is 17.6. The van der Waals surface area contributed by atoms with Crippen molar-refractivity contribution in [3.63, 3.8) is 0 Å². The van der Waals surface area contributed by atoms with Crippen LogP contribution < -0.4 is 15.5 Å². The van der Waals surface area contributed by atoms with Crippen molar-refractivity contribution in [2.24, 2.45) is 5.92 Å². The molecule has 0 bridgehead atoms. The molecule has 2 aromatic rings. The fourth-order valence-corrected chi connectivity index (χ4v) is 6.40. The molecule has 210 valence electrons. The molecule has 3 rings (SSSR count). The Kier molecular flexibility index (Phi) is 12.0. The zero-order chi connectivity index (χ0) is 27.0. The second-order valence-corrected chi connectivity index (χ2v) is 11.4. The molecule has 38 heavy (non-hydrogen) atoms. The van der Waals surface area contributed by atoms with Crippen LogP contribution in [0.3, 0.4) is 0 Å². The van der Waals surface area contributed by atoms with Gasteiger partial charge in [0.2, 0.25) is 15.9 Å². The van der Waals surface area contributed by atoms with E-state index in [-0.39, 0.29) is 48.3 Å². The van der Waals surface area contributed by atoms with Gasteiger partial charge >= 0.3 is 0 Å². The van der Waals surface area contributed by atoms with Crippen molar-refractivity contribution >= 4 is 34.2 Å². The number of sulfonamides is 1. The van der Waals surface area contributed by atoms with Crippen molar-refractivity contribution < 1.29 is 28.0 Å². The van der Waals surface area contributed by atoms with Gasteiger partial charge < -0.3 is 15.0 Å². The topological polar surface area (TPSA) is 128 Å². The molecule has 0 heterocycles. The molecule has 10 nitrogen and oxygen atoms in total. The predicted octanol–water partition coefficient (Wildman–Crippen LogP) is 2.42. The Bertz CT molecular complexity index is 1140. The summed E-state index contributed by atoms with van der Waals surface area (Å²) in [4.78, 5) is 27.0. The van der Waals surface area contributed by atoms with Gasteiger partial charge in [-0.3, -0.25) is 14.8 Å². The maximum atomic E-state index is 13.9. The first-order valence-electron chi connectivity index (χ1n) is 12.2. The number of rotatable bonds is 11. The average molecular weight is 569 g/mol. The van der Waals surface area contributed by atoms with Crippen molar-refractivity contribution in [2.45, 2.75) is 49.2 Å². The summed E-state index contributed by atoms with van der Waals surface area (Å²) in [7, 11) is 0.986.